The summed E-state index contributed by atoms with van der Waals surface area (Å²) >= 11 is 1.47. The second-order valence-electron chi connectivity index (χ2n) is 3.97. The fraction of sp³-hybridized carbons (Fsp3) is 0.455. The number of rotatable bonds is 4. The lowest BCUT2D eigenvalue weighted by Crippen LogP contribution is -2.05. The molecule has 16 heavy (non-hydrogen) atoms. The highest BCUT2D eigenvalue weighted by Gasteiger charge is 2.13. The van der Waals surface area contributed by atoms with Gasteiger partial charge in [-0.1, -0.05) is 0 Å². The van der Waals surface area contributed by atoms with Crippen LogP contribution in [0.2, 0.25) is 0 Å². The monoisotopic (exact) mass is 237 g/mol. The van der Waals surface area contributed by atoms with Gasteiger partial charge >= 0.3 is 0 Å². The van der Waals surface area contributed by atoms with Gasteiger partial charge in [0.2, 0.25) is 0 Å². The van der Waals surface area contributed by atoms with Gasteiger partial charge < -0.3 is 5.11 Å². The molecule has 2 aromatic heterocycles. The molecule has 86 valence electrons. The first-order valence-corrected chi connectivity index (χ1v) is 6.16. The van der Waals surface area contributed by atoms with Gasteiger partial charge in [0.1, 0.15) is 11.1 Å². The molecule has 0 aromatic carbocycles. The van der Waals surface area contributed by atoms with Crippen LogP contribution < -0.4 is 0 Å². The Morgan fingerprint density at radius 3 is 2.88 bits per heavy atom. The van der Waals surface area contributed by atoms with Gasteiger partial charge in [-0.2, -0.15) is 5.10 Å². The molecule has 0 amide bonds. The van der Waals surface area contributed by atoms with Crippen LogP contribution in [-0.4, -0.2) is 19.9 Å². The Hall–Kier alpha value is -1.20. The second-order valence-corrected chi connectivity index (χ2v) is 4.90. The van der Waals surface area contributed by atoms with Crippen LogP contribution in [0.1, 0.15) is 36.7 Å². The summed E-state index contributed by atoms with van der Waals surface area (Å²) in [4.78, 5) is 4.09. The van der Waals surface area contributed by atoms with Crippen molar-refractivity contribution in [2.45, 2.75) is 32.4 Å². The van der Waals surface area contributed by atoms with E-state index in [1.54, 1.807) is 6.20 Å². The highest BCUT2D eigenvalue weighted by atomic mass is 32.1. The Labute approximate surface area is 98.6 Å². The first-order valence-electron chi connectivity index (χ1n) is 5.28. The van der Waals surface area contributed by atoms with Crippen LogP contribution in [0.5, 0.6) is 0 Å². The zero-order valence-electron chi connectivity index (χ0n) is 9.37. The van der Waals surface area contributed by atoms with Crippen molar-refractivity contribution in [3.63, 3.8) is 0 Å². The Balaban J connectivity index is 2.03. The maximum atomic E-state index is 9.91. The third kappa shape index (κ3) is 2.48. The van der Waals surface area contributed by atoms with Crippen LogP contribution >= 0.6 is 11.3 Å². The number of hydrogen-bond acceptors (Lipinski definition) is 4. The lowest BCUT2D eigenvalue weighted by molar-refractivity contribution is 0.176. The van der Waals surface area contributed by atoms with Gasteiger partial charge in [-0.15, -0.1) is 11.3 Å². The lowest BCUT2D eigenvalue weighted by Gasteiger charge is -2.06. The van der Waals surface area contributed by atoms with Crippen molar-refractivity contribution < 1.29 is 5.11 Å². The minimum atomic E-state index is -0.546. The first-order chi connectivity index (χ1) is 7.66. The van der Waals surface area contributed by atoms with E-state index < -0.39 is 6.10 Å². The van der Waals surface area contributed by atoms with E-state index in [1.165, 1.54) is 11.3 Å². The van der Waals surface area contributed by atoms with E-state index in [1.807, 2.05) is 22.3 Å². The van der Waals surface area contributed by atoms with E-state index in [0.717, 1.165) is 10.7 Å². The van der Waals surface area contributed by atoms with Crippen molar-refractivity contribution in [1.82, 2.24) is 14.8 Å². The predicted octanol–water partition coefficient (Wildman–Crippen LogP) is 2.20. The highest BCUT2D eigenvalue weighted by molar-refractivity contribution is 7.09. The van der Waals surface area contributed by atoms with Crippen LogP contribution in [0, 0.1) is 0 Å². The fourth-order valence-electron chi connectivity index (χ4n) is 1.46. The van der Waals surface area contributed by atoms with Crippen molar-refractivity contribution in [3.8, 4) is 0 Å². The Kier molecular flexibility index (Phi) is 3.36. The summed E-state index contributed by atoms with van der Waals surface area (Å²) in [6, 6.07) is 2.29. The summed E-state index contributed by atoms with van der Waals surface area (Å²) < 4.78 is 1.89. The molecule has 4 nitrogen and oxygen atoms in total. The maximum absolute atomic E-state index is 9.91. The van der Waals surface area contributed by atoms with E-state index in [4.69, 9.17) is 0 Å². The smallest absolute Gasteiger partial charge is 0.122 e. The molecule has 2 aromatic rings. The Bertz CT molecular complexity index is 436. The molecule has 2 rings (SSSR count). The fourth-order valence-corrected chi connectivity index (χ4v) is 2.08. The van der Waals surface area contributed by atoms with E-state index in [9.17, 15) is 5.11 Å². The number of aromatic nitrogens is 3. The molecule has 1 atom stereocenters. The molecule has 0 aliphatic rings. The number of hydrogen-bond donors (Lipinski definition) is 1. The van der Waals surface area contributed by atoms with Crippen molar-refractivity contribution in [3.05, 3.63) is 34.5 Å². The van der Waals surface area contributed by atoms with Crippen LogP contribution in [0.4, 0.5) is 0 Å². The number of aliphatic hydroxyl groups excluding tert-OH is 1. The average molecular weight is 237 g/mol. The standard InChI is InChI=1S/C11H15N3OS/c1-8(2)14-5-3-9(13-14)7-10(15)11-12-4-6-16-11/h3-6,8,10,15H,7H2,1-2H3. The molecule has 5 heteroatoms. The molecule has 0 spiro atoms. The first kappa shape index (κ1) is 11.3. The highest BCUT2D eigenvalue weighted by Crippen LogP contribution is 2.19. The molecule has 0 saturated heterocycles. The minimum absolute atomic E-state index is 0.353. The van der Waals surface area contributed by atoms with Crippen LogP contribution in [0.25, 0.3) is 0 Å². The summed E-state index contributed by atoms with van der Waals surface area (Å²) in [5.74, 6) is 0. The van der Waals surface area contributed by atoms with Gasteiger partial charge in [-0.25, -0.2) is 4.98 Å². The molecule has 0 fully saturated rings. The number of aliphatic hydroxyl groups is 1. The molecule has 0 aliphatic carbocycles. The molecule has 0 aliphatic heterocycles. The molecular formula is C11H15N3OS. The van der Waals surface area contributed by atoms with Crippen molar-refractivity contribution in [2.24, 2.45) is 0 Å². The minimum Gasteiger partial charge on any atom is -0.386 e. The van der Waals surface area contributed by atoms with E-state index in [0.29, 0.717) is 12.5 Å². The van der Waals surface area contributed by atoms with Crippen LogP contribution in [0.3, 0.4) is 0 Å². The zero-order chi connectivity index (χ0) is 11.5. The van der Waals surface area contributed by atoms with Crippen molar-refractivity contribution in [1.29, 1.82) is 0 Å². The third-order valence-corrected chi connectivity index (χ3v) is 3.21. The number of thiazole rings is 1. The largest absolute Gasteiger partial charge is 0.386 e. The van der Waals surface area contributed by atoms with Gasteiger partial charge in [0, 0.05) is 30.2 Å². The van der Waals surface area contributed by atoms with E-state index in [2.05, 4.69) is 23.9 Å². The van der Waals surface area contributed by atoms with Gasteiger partial charge in [0.05, 0.1) is 5.69 Å². The Morgan fingerprint density at radius 2 is 2.31 bits per heavy atom. The summed E-state index contributed by atoms with van der Waals surface area (Å²) in [6.45, 7) is 4.15. The summed E-state index contributed by atoms with van der Waals surface area (Å²) in [7, 11) is 0. The van der Waals surface area contributed by atoms with Crippen LogP contribution in [-0.2, 0) is 6.42 Å². The molecule has 1 N–H and O–H groups in total. The van der Waals surface area contributed by atoms with Gasteiger partial charge in [-0.3, -0.25) is 4.68 Å². The molecule has 0 saturated carbocycles. The van der Waals surface area contributed by atoms with Gasteiger partial charge in [-0.05, 0) is 19.9 Å². The van der Waals surface area contributed by atoms with Crippen LogP contribution in [0.15, 0.2) is 23.8 Å². The lowest BCUT2D eigenvalue weighted by atomic mass is 10.2. The maximum Gasteiger partial charge on any atom is 0.122 e. The molecule has 0 bridgehead atoms. The van der Waals surface area contributed by atoms with Crippen molar-refractivity contribution in [2.75, 3.05) is 0 Å². The topological polar surface area (TPSA) is 50.9 Å². The predicted molar refractivity (Wildman–Crippen MR) is 63.4 cm³/mol. The zero-order valence-corrected chi connectivity index (χ0v) is 10.2. The van der Waals surface area contributed by atoms with Gasteiger partial charge in [0.25, 0.3) is 0 Å². The Morgan fingerprint density at radius 1 is 1.50 bits per heavy atom. The summed E-state index contributed by atoms with van der Waals surface area (Å²) in [6.07, 6.45) is 3.62. The SMILES string of the molecule is CC(C)n1ccc(CC(O)c2nccs2)n1. The summed E-state index contributed by atoms with van der Waals surface area (Å²) in [5, 5.41) is 16.9. The van der Waals surface area contributed by atoms with E-state index >= 15 is 0 Å². The van der Waals surface area contributed by atoms with E-state index in [-0.39, 0.29) is 0 Å². The third-order valence-electron chi connectivity index (χ3n) is 2.33. The normalized spacial score (nSPS) is 13.2. The quantitative estimate of drug-likeness (QED) is 0.887. The molecular weight excluding hydrogens is 222 g/mol. The summed E-state index contributed by atoms with van der Waals surface area (Å²) in [5.41, 5.74) is 0.899. The second kappa shape index (κ2) is 4.76. The van der Waals surface area contributed by atoms with Crippen molar-refractivity contribution >= 4 is 11.3 Å². The average Bonchev–Trinajstić information content (AvgIpc) is 2.87. The molecule has 1 unspecified atom stereocenters. The number of nitrogens with zero attached hydrogens (tertiary/aromatic N) is 3. The molecule has 0 radical (unpaired) electrons. The van der Waals surface area contributed by atoms with Gasteiger partial charge in [0.15, 0.2) is 0 Å². The molecule has 2 heterocycles.